The van der Waals surface area contributed by atoms with Crippen LogP contribution in [0.25, 0.3) is 0 Å². The number of anilines is 1. The highest BCUT2D eigenvalue weighted by atomic mass is 127. The first kappa shape index (κ1) is 9.70. The van der Waals surface area contributed by atoms with E-state index in [2.05, 4.69) is 0 Å². The zero-order valence-corrected chi connectivity index (χ0v) is 8.60. The number of alkyl halides is 2. The predicted molar refractivity (Wildman–Crippen MR) is 53.3 cm³/mol. The van der Waals surface area contributed by atoms with Crippen LogP contribution in [0.1, 0.15) is 17.6 Å². The smallest absolute Gasteiger partial charge is 0.265 e. The SMILES string of the molecule is Cc1cc(I)cc(C(F)F)c1N. The van der Waals surface area contributed by atoms with Gasteiger partial charge in [0.25, 0.3) is 6.43 Å². The van der Waals surface area contributed by atoms with E-state index in [1.54, 1.807) is 13.0 Å². The van der Waals surface area contributed by atoms with Gasteiger partial charge in [-0.2, -0.15) is 0 Å². The normalized spacial score (nSPS) is 10.8. The molecular weight excluding hydrogens is 275 g/mol. The summed E-state index contributed by atoms with van der Waals surface area (Å²) in [5, 5.41) is 0. The second-order valence-electron chi connectivity index (χ2n) is 2.53. The van der Waals surface area contributed by atoms with E-state index >= 15 is 0 Å². The number of halogens is 3. The van der Waals surface area contributed by atoms with Gasteiger partial charge >= 0.3 is 0 Å². The average molecular weight is 283 g/mol. The third kappa shape index (κ3) is 1.85. The van der Waals surface area contributed by atoms with Gasteiger partial charge in [0.05, 0.1) is 0 Å². The van der Waals surface area contributed by atoms with Gasteiger partial charge in [-0.25, -0.2) is 8.78 Å². The van der Waals surface area contributed by atoms with Crippen LogP contribution < -0.4 is 5.73 Å². The lowest BCUT2D eigenvalue weighted by Gasteiger charge is -2.07. The number of nitrogens with two attached hydrogens (primary N) is 1. The van der Waals surface area contributed by atoms with Crippen molar-refractivity contribution >= 4 is 28.3 Å². The second kappa shape index (κ2) is 3.55. The van der Waals surface area contributed by atoms with Gasteiger partial charge in [-0.05, 0) is 47.2 Å². The van der Waals surface area contributed by atoms with Crippen molar-refractivity contribution in [2.45, 2.75) is 13.3 Å². The molecule has 0 radical (unpaired) electrons. The van der Waals surface area contributed by atoms with E-state index < -0.39 is 6.43 Å². The third-order valence-electron chi connectivity index (χ3n) is 1.62. The van der Waals surface area contributed by atoms with Crippen LogP contribution in [0.2, 0.25) is 0 Å². The Morgan fingerprint density at radius 3 is 2.50 bits per heavy atom. The van der Waals surface area contributed by atoms with Crippen LogP contribution in [0, 0.1) is 10.5 Å². The van der Waals surface area contributed by atoms with Gasteiger partial charge in [-0.1, -0.05) is 0 Å². The minimum atomic E-state index is -2.49. The van der Waals surface area contributed by atoms with Crippen LogP contribution in [0.15, 0.2) is 12.1 Å². The van der Waals surface area contributed by atoms with Gasteiger partial charge in [-0.3, -0.25) is 0 Å². The van der Waals surface area contributed by atoms with Crippen LogP contribution in [0.4, 0.5) is 14.5 Å². The summed E-state index contributed by atoms with van der Waals surface area (Å²) < 4.78 is 25.4. The Balaban J connectivity index is 3.28. The van der Waals surface area contributed by atoms with Gasteiger partial charge < -0.3 is 5.73 Å². The maximum atomic E-state index is 12.3. The van der Waals surface area contributed by atoms with E-state index in [0.29, 0.717) is 5.56 Å². The number of nitrogen functional groups attached to an aromatic ring is 1. The maximum Gasteiger partial charge on any atom is 0.265 e. The highest BCUT2D eigenvalue weighted by Crippen LogP contribution is 2.29. The Morgan fingerprint density at radius 2 is 2.00 bits per heavy atom. The van der Waals surface area contributed by atoms with Gasteiger partial charge in [0.15, 0.2) is 0 Å². The first-order chi connectivity index (χ1) is 5.52. The molecule has 0 spiro atoms. The predicted octanol–water partition coefficient (Wildman–Crippen LogP) is 3.12. The molecule has 12 heavy (non-hydrogen) atoms. The van der Waals surface area contributed by atoms with E-state index in [9.17, 15) is 8.78 Å². The standard InChI is InChI=1S/C8H8F2IN/c1-4-2-5(11)3-6(7(4)12)8(9)10/h2-3,8H,12H2,1H3. The number of aryl methyl sites for hydroxylation is 1. The summed E-state index contributed by atoms with van der Waals surface area (Å²) in [5.74, 6) is 0. The van der Waals surface area contributed by atoms with Gasteiger partial charge in [-0.15, -0.1) is 0 Å². The quantitative estimate of drug-likeness (QED) is 0.622. The molecule has 0 aliphatic carbocycles. The van der Waals surface area contributed by atoms with E-state index in [1.165, 1.54) is 6.07 Å². The molecule has 0 saturated heterocycles. The van der Waals surface area contributed by atoms with E-state index in [-0.39, 0.29) is 11.3 Å². The van der Waals surface area contributed by atoms with E-state index in [0.717, 1.165) is 3.57 Å². The number of hydrogen-bond acceptors (Lipinski definition) is 1. The topological polar surface area (TPSA) is 26.0 Å². The molecule has 1 nitrogen and oxygen atoms in total. The zero-order valence-electron chi connectivity index (χ0n) is 6.44. The monoisotopic (exact) mass is 283 g/mol. The molecule has 1 aromatic rings. The molecule has 0 aromatic heterocycles. The molecule has 1 rings (SSSR count). The van der Waals surface area contributed by atoms with Crippen LogP contribution in [0.3, 0.4) is 0 Å². The summed E-state index contributed by atoms with van der Waals surface area (Å²) in [5.41, 5.74) is 6.30. The van der Waals surface area contributed by atoms with Crippen molar-refractivity contribution in [1.29, 1.82) is 0 Å². The van der Waals surface area contributed by atoms with Gasteiger partial charge in [0.1, 0.15) is 0 Å². The fourth-order valence-electron chi connectivity index (χ4n) is 0.961. The summed E-state index contributed by atoms with van der Waals surface area (Å²) in [6.45, 7) is 1.73. The minimum Gasteiger partial charge on any atom is -0.398 e. The molecule has 0 fully saturated rings. The molecule has 2 N–H and O–H groups in total. The summed E-state index contributed by atoms with van der Waals surface area (Å²) in [7, 11) is 0. The lowest BCUT2D eigenvalue weighted by atomic mass is 10.1. The highest BCUT2D eigenvalue weighted by molar-refractivity contribution is 14.1. The molecule has 0 saturated carbocycles. The van der Waals surface area contributed by atoms with Crippen molar-refractivity contribution < 1.29 is 8.78 Å². The largest absolute Gasteiger partial charge is 0.398 e. The first-order valence-electron chi connectivity index (χ1n) is 3.36. The highest BCUT2D eigenvalue weighted by Gasteiger charge is 2.13. The molecular formula is C8H8F2IN. The Morgan fingerprint density at radius 1 is 1.42 bits per heavy atom. The van der Waals surface area contributed by atoms with Crippen LogP contribution in [-0.4, -0.2) is 0 Å². The third-order valence-corrected chi connectivity index (χ3v) is 2.24. The Bertz CT molecular complexity index is 299. The molecule has 4 heteroatoms. The lowest BCUT2D eigenvalue weighted by Crippen LogP contribution is -1.98. The summed E-state index contributed by atoms with van der Waals surface area (Å²) in [6.07, 6.45) is -2.49. The Labute approximate surface area is 83.1 Å². The Kier molecular flexibility index (Phi) is 2.87. The fraction of sp³-hybridized carbons (Fsp3) is 0.250. The van der Waals surface area contributed by atoms with Crippen molar-refractivity contribution in [2.24, 2.45) is 0 Å². The number of hydrogen-bond donors (Lipinski definition) is 1. The van der Waals surface area contributed by atoms with Crippen molar-refractivity contribution in [3.05, 3.63) is 26.8 Å². The van der Waals surface area contributed by atoms with Crippen molar-refractivity contribution in [2.75, 3.05) is 5.73 Å². The van der Waals surface area contributed by atoms with Crippen molar-refractivity contribution in [3.8, 4) is 0 Å². The van der Waals surface area contributed by atoms with Crippen molar-refractivity contribution in [1.82, 2.24) is 0 Å². The molecule has 0 atom stereocenters. The molecule has 0 aliphatic heterocycles. The molecule has 0 aliphatic rings. The molecule has 1 aromatic carbocycles. The summed E-state index contributed by atoms with van der Waals surface area (Å²) in [6, 6.07) is 3.19. The van der Waals surface area contributed by atoms with E-state index in [4.69, 9.17) is 5.73 Å². The van der Waals surface area contributed by atoms with Crippen LogP contribution in [-0.2, 0) is 0 Å². The number of rotatable bonds is 1. The average Bonchev–Trinajstić information content (AvgIpc) is 1.96. The van der Waals surface area contributed by atoms with Gasteiger partial charge in [0, 0.05) is 14.8 Å². The summed E-state index contributed by atoms with van der Waals surface area (Å²) in [4.78, 5) is 0. The lowest BCUT2D eigenvalue weighted by molar-refractivity contribution is 0.152. The minimum absolute atomic E-state index is 0.0700. The molecule has 66 valence electrons. The zero-order chi connectivity index (χ0) is 9.30. The molecule has 0 amide bonds. The molecule has 0 heterocycles. The van der Waals surface area contributed by atoms with Gasteiger partial charge in [0.2, 0.25) is 0 Å². The fourth-order valence-corrected chi connectivity index (χ4v) is 1.76. The van der Waals surface area contributed by atoms with E-state index in [1.807, 2.05) is 22.6 Å². The molecule has 0 unspecified atom stereocenters. The second-order valence-corrected chi connectivity index (χ2v) is 3.77. The molecule has 0 bridgehead atoms. The summed E-state index contributed by atoms with van der Waals surface area (Å²) >= 11 is 1.99. The Hall–Kier alpha value is -0.390. The van der Waals surface area contributed by atoms with Crippen LogP contribution >= 0.6 is 22.6 Å². The van der Waals surface area contributed by atoms with Crippen molar-refractivity contribution in [3.63, 3.8) is 0 Å². The maximum absolute atomic E-state index is 12.3. The van der Waals surface area contributed by atoms with Crippen LogP contribution in [0.5, 0.6) is 0 Å². The first-order valence-corrected chi connectivity index (χ1v) is 4.44. The number of benzene rings is 1.